The van der Waals surface area contributed by atoms with E-state index in [1.54, 1.807) is 0 Å². The molecule has 0 saturated heterocycles. The predicted molar refractivity (Wildman–Crippen MR) is 90.3 cm³/mol. The highest BCUT2D eigenvalue weighted by molar-refractivity contribution is 9.10. The van der Waals surface area contributed by atoms with E-state index in [1.165, 1.54) is 15.4 Å². The molecule has 1 heterocycles. The minimum atomic E-state index is 1.01. The first-order valence-electron chi connectivity index (χ1n) is 7.42. The van der Waals surface area contributed by atoms with E-state index in [1.807, 2.05) is 0 Å². The minimum Gasteiger partial charge on any atom is -0.346 e. The van der Waals surface area contributed by atoms with E-state index >= 15 is 0 Å². The standard InChI is InChI=1S/C16H24BrN3/c1-3-19(4-2)12-9-18-10-13-20-11-8-14-15(17)6-5-7-16(14)20/h5-8,11,18H,3-4,9-10,12-13H2,1-2H3. The Kier molecular flexibility index (Phi) is 6.07. The number of fused-ring (bicyclic) bond motifs is 1. The van der Waals surface area contributed by atoms with Crippen LogP contribution in [0.5, 0.6) is 0 Å². The molecule has 0 aliphatic heterocycles. The summed E-state index contributed by atoms with van der Waals surface area (Å²) in [6, 6.07) is 8.54. The van der Waals surface area contributed by atoms with Crippen molar-refractivity contribution in [2.45, 2.75) is 20.4 Å². The van der Waals surface area contributed by atoms with Crippen LogP contribution in [0.25, 0.3) is 10.9 Å². The van der Waals surface area contributed by atoms with Crippen LogP contribution < -0.4 is 5.32 Å². The lowest BCUT2D eigenvalue weighted by Gasteiger charge is -2.18. The van der Waals surface area contributed by atoms with Gasteiger partial charge >= 0.3 is 0 Å². The first-order chi connectivity index (χ1) is 9.76. The van der Waals surface area contributed by atoms with Crippen LogP contribution in [0.15, 0.2) is 34.9 Å². The Balaban J connectivity index is 1.80. The Labute approximate surface area is 130 Å². The van der Waals surface area contributed by atoms with Crippen molar-refractivity contribution in [1.82, 2.24) is 14.8 Å². The Morgan fingerprint density at radius 3 is 2.70 bits per heavy atom. The number of nitrogens with zero attached hydrogens (tertiary/aromatic N) is 2. The third-order valence-corrected chi connectivity index (χ3v) is 4.48. The van der Waals surface area contributed by atoms with E-state index < -0.39 is 0 Å². The van der Waals surface area contributed by atoms with Gasteiger partial charge in [0.2, 0.25) is 0 Å². The van der Waals surface area contributed by atoms with Gasteiger partial charge in [-0.15, -0.1) is 0 Å². The van der Waals surface area contributed by atoms with Crippen molar-refractivity contribution in [2.24, 2.45) is 0 Å². The molecule has 20 heavy (non-hydrogen) atoms. The van der Waals surface area contributed by atoms with Crippen LogP contribution >= 0.6 is 15.9 Å². The highest BCUT2D eigenvalue weighted by atomic mass is 79.9. The van der Waals surface area contributed by atoms with Gasteiger partial charge in [0, 0.05) is 47.8 Å². The first-order valence-corrected chi connectivity index (χ1v) is 8.22. The number of hydrogen-bond acceptors (Lipinski definition) is 2. The molecule has 0 spiro atoms. The molecule has 0 bridgehead atoms. The summed E-state index contributed by atoms with van der Waals surface area (Å²) in [4.78, 5) is 2.44. The van der Waals surface area contributed by atoms with Crippen LogP contribution in [0.4, 0.5) is 0 Å². The summed E-state index contributed by atoms with van der Waals surface area (Å²) < 4.78 is 3.48. The zero-order valence-corrected chi connectivity index (χ0v) is 14.0. The maximum Gasteiger partial charge on any atom is 0.0492 e. The molecule has 0 saturated carbocycles. The van der Waals surface area contributed by atoms with Crippen LogP contribution in [0.2, 0.25) is 0 Å². The molecule has 0 unspecified atom stereocenters. The Morgan fingerprint density at radius 1 is 1.15 bits per heavy atom. The van der Waals surface area contributed by atoms with Crippen LogP contribution in [-0.4, -0.2) is 42.2 Å². The summed E-state index contributed by atoms with van der Waals surface area (Å²) in [6.07, 6.45) is 2.17. The second kappa shape index (κ2) is 7.81. The van der Waals surface area contributed by atoms with Crippen molar-refractivity contribution in [3.05, 3.63) is 34.9 Å². The molecular formula is C16H24BrN3. The Morgan fingerprint density at radius 2 is 1.95 bits per heavy atom. The van der Waals surface area contributed by atoms with Crippen LogP contribution in [-0.2, 0) is 6.54 Å². The zero-order valence-electron chi connectivity index (χ0n) is 12.4. The highest BCUT2D eigenvalue weighted by Crippen LogP contribution is 2.24. The smallest absolute Gasteiger partial charge is 0.0492 e. The van der Waals surface area contributed by atoms with Gasteiger partial charge in [0.25, 0.3) is 0 Å². The normalized spacial score (nSPS) is 11.6. The van der Waals surface area contributed by atoms with Gasteiger partial charge in [-0.3, -0.25) is 0 Å². The van der Waals surface area contributed by atoms with Gasteiger partial charge in [-0.2, -0.15) is 0 Å². The van der Waals surface area contributed by atoms with Gasteiger partial charge in [0.1, 0.15) is 0 Å². The van der Waals surface area contributed by atoms with Crippen molar-refractivity contribution in [1.29, 1.82) is 0 Å². The van der Waals surface area contributed by atoms with Crippen molar-refractivity contribution < 1.29 is 0 Å². The maximum atomic E-state index is 3.60. The predicted octanol–water partition coefficient (Wildman–Crippen LogP) is 3.34. The van der Waals surface area contributed by atoms with Crippen molar-refractivity contribution >= 4 is 26.8 Å². The summed E-state index contributed by atoms with van der Waals surface area (Å²) in [5, 5.41) is 4.82. The SMILES string of the molecule is CCN(CC)CCNCCn1ccc2c(Br)cccc21. The topological polar surface area (TPSA) is 20.2 Å². The molecule has 0 amide bonds. The number of benzene rings is 1. The number of likely N-dealkylation sites (N-methyl/N-ethyl adjacent to an activating group) is 1. The second-order valence-electron chi connectivity index (χ2n) is 4.96. The number of aromatic nitrogens is 1. The van der Waals surface area contributed by atoms with Gasteiger partial charge in [0.05, 0.1) is 0 Å². The van der Waals surface area contributed by atoms with E-state index in [0.717, 1.165) is 39.3 Å². The summed E-state index contributed by atoms with van der Waals surface area (Å²) in [5.74, 6) is 0. The third kappa shape index (κ3) is 3.84. The molecule has 2 aromatic rings. The van der Waals surface area contributed by atoms with Gasteiger partial charge in [-0.25, -0.2) is 0 Å². The van der Waals surface area contributed by atoms with Crippen LogP contribution in [0.3, 0.4) is 0 Å². The van der Waals surface area contributed by atoms with E-state index in [-0.39, 0.29) is 0 Å². The maximum absolute atomic E-state index is 3.60. The molecule has 0 aliphatic carbocycles. The molecule has 2 rings (SSSR count). The van der Waals surface area contributed by atoms with Gasteiger partial charge in [-0.05, 0) is 31.3 Å². The monoisotopic (exact) mass is 337 g/mol. The largest absolute Gasteiger partial charge is 0.346 e. The molecule has 0 radical (unpaired) electrons. The number of rotatable bonds is 8. The fraction of sp³-hybridized carbons (Fsp3) is 0.500. The van der Waals surface area contributed by atoms with Gasteiger partial charge < -0.3 is 14.8 Å². The molecule has 110 valence electrons. The van der Waals surface area contributed by atoms with Crippen molar-refractivity contribution in [3.8, 4) is 0 Å². The molecule has 4 heteroatoms. The second-order valence-corrected chi connectivity index (χ2v) is 5.81. The number of hydrogen-bond donors (Lipinski definition) is 1. The average molecular weight is 338 g/mol. The summed E-state index contributed by atoms with van der Waals surface area (Å²) >= 11 is 3.60. The quantitative estimate of drug-likeness (QED) is 0.745. The molecular weight excluding hydrogens is 314 g/mol. The Bertz CT molecular complexity index is 532. The van der Waals surface area contributed by atoms with Crippen LogP contribution in [0, 0.1) is 0 Å². The van der Waals surface area contributed by atoms with E-state index in [4.69, 9.17) is 0 Å². The zero-order chi connectivity index (χ0) is 14.4. The van der Waals surface area contributed by atoms with Crippen LogP contribution in [0.1, 0.15) is 13.8 Å². The number of nitrogens with one attached hydrogen (secondary N) is 1. The molecule has 1 aromatic heterocycles. The molecule has 1 aromatic carbocycles. The first kappa shape index (κ1) is 15.5. The fourth-order valence-corrected chi connectivity index (χ4v) is 2.97. The van der Waals surface area contributed by atoms with Gasteiger partial charge in [0.15, 0.2) is 0 Å². The lowest BCUT2D eigenvalue weighted by Crippen LogP contribution is -2.33. The molecule has 0 fully saturated rings. The van der Waals surface area contributed by atoms with E-state index in [0.29, 0.717) is 0 Å². The molecule has 1 N–H and O–H groups in total. The fourth-order valence-electron chi connectivity index (χ4n) is 2.48. The average Bonchev–Trinajstić information content (AvgIpc) is 2.88. The summed E-state index contributed by atoms with van der Waals surface area (Å²) in [5.41, 5.74) is 1.30. The number of halogens is 1. The lowest BCUT2D eigenvalue weighted by molar-refractivity contribution is 0.302. The van der Waals surface area contributed by atoms with E-state index in [9.17, 15) is 0 Å². The third-order valence-electron chi connectivity index (χ3n) is 3.79. The molecule has 0 aliphatic rings. The van der Waals surface area contributed by atoms with Crippen molar-refractivity contribution in [2.75, 3.05) is 32.7 Å². The minimum absolute atomic E-state index is 1.01. The molecule has 3 nitrogen and oxygen atoms in total. The molecule has 0 atom stereocenters. The van der Waals surface area contributed by atoms with E-state index in [2.05, 4.69) is 75.0 Å². The van der Waals surface area contributed by atoms with Crippen molar-refractivity contribution in [3.63, 3.8) is 0 Å². The summed E-state index contributed by atoms with van der Waals surface area (Å²) in [6.45, 7) is 10.9. The Hall–Kier alpha value is -0.840. The van der Waals surface area contributed by atoms with Gasteiger partial charge in [-0.1, -0.05) is 35.8 Å². The lowest BCUT2D eigenvalue weighted by atomic mass is 10.2. The summed E-state index contributed by atoms with van der Waals surface area (Å²) in [7, 11) is 0. The highest BCUT2D eigenvalue weighted by Gasteiger charge is 2.03.